The van der Waals surface area contributed by atoms with Gasteiger partial charge in [-0.2, -0.15) is 0 Å². The Bertz CT molecular complexity index is 609. The van der Waals surface area contributed by atoms with Crippen LogP contribution in [0.3, 0.4) is 0 Å². The Balaban J connectivity index is 2.30. The molecule has 0 aromatic heterocycles. The van der Waals surface area contributed by atoms with Crippen LogP contribution in [-0.4, -0.2) is 12.2 Å². The third kappa shape index (κ3) is 3.08. The molecule has 20 heavy (non-hydrogen) atoms. The zero-order valence-corrected chi connectivity index (χ0v) is 11.7. The lowest BCUT2D eigenvalue weighted by molar-refractivity contribution is 0.198. The van der Waals surface area contributed by atoms with E-state index >= 15 is 0 Å². The maximum Gasteiger partial charge on any atom is 0.169 e. The van der Waals surface area contributed by atoms with E-state index < -0.39 is 11.9 Å². The first-order valence-electron chi connectivity index (χ1n) is 6.31. The molecule has 2 rings (SSSR count). The van der Waals surface area contributed by atoms with Gasteiger partial charge in [0.25, 0.3) is 0 Å². The molecule has 0 aliphatic heterocycles. The minimum absolute atomic E-state index is 0.0940. The highest BCUT2D eigenvalue weighted by molar-refractivity contribution is 5.45. The van der Waals surface area contributed by atoms with Crippen LogP contribution in [0.15, 0.2) is 36.4 Å². The highest BCUT2D eigenvalue weighted by Crippen LogP contribution is 2.34. The van der Waals surface area contributed by atoms with Crippen LogP contribution in [0.4, 0.5) is 4.39 Å². The molecule has 2 aromatic carbocycles. The van der Waals surface area contributed by atoms with Crippen LogP contribution in [0.2, 0.25) is 0 Å². The largest absolute Gasteiger partial charge is 0.493 e. The number of halogens is 1. The second-order valence-electron chi connectivity index (χ2n) is 4.62. The molecule has 0 saturated carbocycles. The normalized spacial score (nSPS) is 12.1. The molecule has 4 heteroatoms. The zero-order valence-electron chi connectivity index (χ0n) is 11.7. The lowest BCUT2D eigenvalue weighted by Gasteiger charge is -2.12. The van der Waals surface area contributed by atoms with Crippen LogP contribution in [0.5, 0.6) is 17.2 Å². The molecule has 0 radical (unpaired) electrons. The van der Waals surface area contributed by atoms with E-state index in [0.29, 0.717) is 17.1 Å². The van der Waals surface area contributed by atoms with Crippen molar-refractivity contribution in [2.24, 2.45) is 0 Å². The predicted molar refractivity (Wildman–Crippen MR) is 74.8 cm³/mol. The molecule has 3 nitrogen and oxygen atoms in total. The number of ether oxygens (including phenoxy) is 2. The molecule has 0 aliphatic carbocycles. The van der Waals surface area contributed by atoms with Gasteiger partial charge in [0.15, 0.2) is 23.1 Å². The van der Waals surface area contributed by atoms with Crippen LogP contribution in [-0.2, 0) is 0 Å². The smallest absolute Gasteiger partial charge is 0.169 e. The molecule has 0 spiro atoms. The molecule has 0 fully saturated rings. The number of methoxy groups -OCH3 is 1. The fraction of sp³-hybridized carbons (Fsp3) is 0.250. The Kier molecular flexibility index (Phi) is 4.25. The first kappa shape index (κ1) is 14.3. The van der Waals surface area contributed by atoms with Gasteiger partial charge in [0.1, 0.15) is 0 Å². The summed E-state index contributed by atoms with van der Waals surface area (Å²) in [5.41, 5.74) is 1.53. The van der Waals surface area contributed by atoms with Gasteiger partial charge in [0.05, 0.1) is 13.2 Å². The molecule has 0 bridgehead atoms. The molecule has 1 N–H and O–H groups in total. The van der Waals surface area contributed by atoms with E-state index in [0.717, 1.165) is 5.56 Å². The van der Waals surface area contributed by atoms with Crippen molar-refractivity contribution in [2.45, 2.75) is 20.0 Å². The highest BCUT2D eigenvalue weighted by atomic mass is 19.1. The molecule has 0 amide bonds. The quantitative estimate of drug-likeness (QED) is 0.917. The average molecular weight is 276 g/mol. The first-order valence-corrected chi connectivity index (χ1v) is 6.31. The van der Waals surface area contributed by atoms with E-state index in [1.165, 1.54) is 19.2 Å². The summed E-state index contributed by atoms with van der Waals surface area (Å²) in [6.45, 7) is 3.52. The van der Waals surface area contributed by atoms with Gasteiger partial charge in [0, 0.05) is 0 Å². The molecule has 0 heterocycles. The second kappa shape index (κ2) is 5.92. The SMILES string of the molecule is COc1cc(C)ccc1Oc1ccc([C@H](C)O)cc1F. The summed E-state index contributed by atoms with van der Waals surface area (Å²) in [4.78, 5) is 0. The molecule has 2 aromatic rings. The van der Waals surface area contributed by atoms with Gasteiger partial charge >= 0.3 is 0 Å². The fourth-order valence-corrected chi connectivity index (χ4v) is 1.84. The number of aliphatic hydroxyl groups is 1. The minimum Gasteiger partial charge on any atom is -0.493 e. The minimum atomic E-state index is -0.715. The summed E-state index contributed by atoms with van der Waals surface area (Å²) >= 11 is 0. The number of hydrogen-bond donors (Lipinski definition) is 1. The predicted octanol–water partition coefficient (Wildman–Crippen LogP) is 3.99. The fourth-order valence-electron chi connectivity index (χ4n) is 1.84. The van der Waals surface area contributed by atoms with Gasteiger partial charge in [-0.15, -0.1) is 0 Å². The van der Waals surface area contributed by atoms with Crippen LogP contribution in [0, 0.1) is 12.7 Å². The summed E-state index contributed by atoms with van der Waals surface area (Å²) in [5, 5.41) is 9.41. The third-order valence-electron chi connectivity index (χ3n) is 2.98. The van der Waals surface area contributed by atoms with Crippen LogP contribution in [0.25, 0.3) is 0 Å². The van der Waals surface area contributed by atoms with Crippen molar-refractivity contribution in [1.82, 2.24) is 0 Å². The second-order valence-corrected chi connectivity index (χ2v) is 4.62. The van der Waals surface area contributed by atoms with E-state index in [1.807, 2.05) is 19.1 Å². The van der Waals surface area contributed by atoms with Crippen LogP contribution in [0.1, 0.15) is 24.2 Å². The summed E-state index contributed by atoms with van der Waals surface area (Å²) in [6.07, 6.45) is -0.715. The maximum atomic E-state index is 13.9. The van der Waals surface area contributed by atoms with Crippen molar-refractivity contribution in [3.8, 4) is 17.2 Å². The van der Waals surface area contributed by atoms with Crippen molar-refractivity contribution in [2.75, 3.05) is 7.11 Å². The number of benzene rings is 2. The van der Waals surface area contributed by atoms with Gasteiger partial charge in [0.2, 0.25) is 0 Å². The third-order valence-corrected chi connectivity index (χ3v) is 2.98. The Labute approximate surface area is 117 Å². The molecule has 106 valence electrons. The Morgan fingerprint density at radius 3 is 2.35 bits per heavy atom. The van der Waals surface area contributed by atoms with Crippen molar-refractivity contribution in [3.05, 3.63) is 53.3 Å². The van der Waals surface area contributed by atoms with E-state index in [2.05, 4.69) is 0 Å². The zero-order chi connectivity index (χ0) is 14.7. The molecule has 1 atom stereocenters. The first-order chi connectivity index (χ1) is 9.51. The lowest BCUT2D eigenvalue weighted by Crippen LogP contribution is -1.96. The van der Waals surface area contributed by atoms with Gasteiger partial charge in [-0.05, 0) is 49.2 Å². The lowest BCUT2D eigenvalue weighted by atomic mass is 10.1. The van der Waals surface area contributed by atoms with Crippen LogP contribution >= 0.6 is 0 Å². The Hall–Kier alpha value is -2.07. The summed E-state index contributed by atoms with van der Waals surface area (Å²) in [5.74, 6) is 0.563. The number of rotatable bonds is 4. The standard InChI is InChI=1S/C16H17FO3/c1-10-4-6-15(16(8-10)19-3)20-14-7-5-12(11(2)18)9-13(14)17/h4-9,11,18H,1-3H3/t11-/m0/s1. The Morgan fingerprint density at radius 2 is 1.75 bits per heavy atom. The maximum absolute atomic E-state index is 13.9. The summed E-state index contributed by atoms with van der Waals surface area (Å²) in [7, 11) is 1.54. The summed E-state index contributed by atoms with van der Waals surface area (Å²) in [6, 6.07) is 9.80. The van der Waals surface area contributed by atoms with Crippen LogP contribution < -0.4 is 9.47 Å². The van der Waals surface area contributed by atoms with E-state index in [9.17, 15) is 9.50 Å². The highest BCUT2D eigenvalue weighted by Gasteiger charge is 2.11. The number of hydrogen-bond acceptors (Lipinski definition) is 3. The number of aliphatic hydroxyl groups excluding tert-OH is 1. The number of aryl methyl sites for hydroxylation is 1. The monoisotopic (exact) mass is 276 g/mol. The van der Waals surface area contributed by atoms with Crippen molar-refractivity contribution < 1.29 is 19.0 Å². The van der Waals surface area contributed by atoms with Crippen molar-refractivity contribution in [1.29, 1.82) is 0 Å². The van der Waals surface area contributed by atoms with E-state index in [-0.39, 0.29) is 5.75 Å². The van der Waals surface area contributed by atoms with E-state index in [4.69, 9.17) is 9.47 Å². The van der Waals surface area contributed by atoms with Gasteiger partial charge in [-0.1, -0.05) is 12.1 Å². The summed E-state index contributed by atoms with van der Waals surface area (Å²) < 4.78 is 24.7. The Morgan fingerprint density at radius 1 is 1.05 bits per heavy atom. The van der Waals surface area contributed by atoms with Crippen molar-refractivity contribution in [3.63, 3.8) is 0 Å². The van der Waals surface area contributed by atoms with Crippen molar-refractivity contribution >= 4 is 0 Å². The topological polar surface area (TPSA) is 38.7 Å². The van der Waals surface area contributed by atoms with Gasteiger partial charge < -0.3 is 14.6 Å². The van der Waals surface area contributed by atoms with Gasteiger partial charge in [-0.3, -0.25) is 0 Å². The molecular weight excluding hydrogens is 259 g/mol. The molecule has 0 unspecified atom stereocenters. The molecular formula is C16H17FO3. The molecule has 0 aliphatic rings. The van der Waals surface area contributed by atoms with Gasteiger partial charge in [-0.25, -0.2) is 4.39 Å². The average Bonchev–Trinajstić information content (AvgIpc) is 2.42. The molecule has 0 saturated heterocycles. The van der Waals surface area contributed by atoms with E-state index in [1.54, 1.807) is 19.1 Å².